The number of esters is 1. The predicted molar refractivity (Wildman–Crippen MR) is 120 cm³/mol. The van der Waals surface area contributed by atoms with Gasteiger partial charge in [0.05, 0.1) is 22.8 Å². The van der Waals surface area contributed by atoms with E-state index in [1.54, 1.807) is 18.2 Å². The fraction of sp³-hybridized carbons (Fsp3) is 0.440. The van der Waals surface area contributed by atoms with Gasteiger partial charge in [0.1, 0.15) is 17.6 Å². The van der Waals surface area contributed by atoms with Crippen LogP contribution in [-0.4, -0.2) is 12.6 Å². The van der Waals surface area contributed by atoms with Gasteiger partial charge in [-0.15, -0.1) is 0 Å². The zero-order valence-corrected chi connectivity index (χ0v) is 18.6. The number of nitriles is 1. The molecule has 0 fully saturated rings. The molecule has 2 aromatic rings. The minimum atomic E-state index is -0.554. The van der Waals surface area contributed by atoms with E-state index in [4.69, 9.17) is 21.1 Å². The van der Waals surface area contributed by atoms with E-state index >= 15 is 0 Å². The third-order valence-electron chi connectivity index (χ3n) is 4.86. The van der Waals surface area contributed by atoms with E-state index in [1.165, 1.54) is 18.9 Å². The average Bonchev–Trinajstić information content (AvgIpc) is 2.75. The van der Waals surface area contributed by atoms with E-state index in [2.05, 4.69) is 19.9 Å². The minimum Gasteiger partial charge on any atom is -0.492 e. The van der Waals surface area contributed by atoms with Crippen LogP contribution >= 0.6 is 11.6 Å². The average molecular weight is 428 g/mol. The molecule has 0 aliphatic rings. The molecule has 2 aromatic carbocycles. The lowest BCUT2D eigenvalue weighted by Gasteiger charge is -2.11. The summed E-state index contributed by atoms with van der Waals surface area (Å²) in [5.41, 5.74) is 1.73. The van der Waals surface area contributed by atoms with Crippen molar-refractivity contribution in [2.45, 2.75) is 65.2 Å². The van der Waals surface area contributed by atoms with Gasteiger partial charge in [0.2, 0.25) is 0 Å². The Morgan fingerprint density at radius 1 is 0.967 bits per heavy atom. The van der Waals surface area contributed by atoms with Crippen LogP contribution in [0.1, 0.15) is 80.3 Å². The first-order chi connectivity index (χ1) is 14.6. The molecule has 0 aliphatic carbocycles. The lowest BCUT2D eigenvalue weighted by molar-refractivity contribution is 0.0734. The molecule has 0 aromatic heterocycles. The summed E-state index contributed by atoms with van der Waals surface area (Å²) in [7, 11) is 0. The Hall–Kier alpha value is -2.51. The standard InChI is InChI=1S/C25H30ClNO3/c1-3-5-7-9-15-29-23-14-12-20(17-21(23)18-27)25(28)30-24-13-11-19(16-22(24)26)10-8-6-4-2/h11-14,16-17H,3-10,15H2,1-2H3. The maximum Gasteiger partial charge on any atom is 0.343 e. The van der Waals surface area contributed by atoms with Gasteiger partial charge in [-0.25, -0.2) is 4.79 Å². The number of hydrogen-bond acceptors (Lipinski definition) is 4. The molecule has 0 unspecified atom stereocenters. The Kier molecular flexibility index (Phi) is 10.2. The number of rotatable bonds is 12. The maximum absolute atomic E-state index is 12.5. The molecule has 0 bridgehead atoms. The molecule has 0 heterocycles. The normalized spacial score (nSPS) is 10.5. The van der Waals surface area contributed by atoms with E-state index in [0.29, 0.717) is 28.7 Å². The molecule has 0 spiro atoms. The van der Waals surface area contributed by atoms with Crippen molar-refractivity contribution in [3.8, 4) is 17.6 Å². The van der Waals surface area contributed by atoms with Crippen LogP contribution in [0.4, 0.5) is 0 Å². The van der Waals surface area contributed by atoms with Gasteiger partial charge in [0.25, 0.3) is 0 Å². The number of aryl methyl sites for hydroxylation is 1. The van der Waals surface area contributed by atoms with Crippen LogP contribution in [0.2, 0.25) is 5.02 Å². The van der Waals surface area contributed by atoms with Crippen LogP contribution in [0.5, 0.6) is 11.5 Å². The summed E-state index contributed by atoms with van der Waals surface area (Å²) in [5.74, 6) is 0.248. The molecule has 2 rings (SSSR count). The van der Waals surface area contributed by atoms with E-state index < -0.39 is 5.97 Å². The van der Waals surface area contributed by atoms with Gasteiger partial charge in [-0.1, -0.05) is 63.6 Å². The SMILES string of the molecule is CCCCCCOc1ccc(C(=O)Oc2ccc(CCCCC)cc2Cl)cc1C#N. The van der Waals surface area contributed by atoms with Crippen molar-refractivity contribution in [2.24, 2.45) is 0 Å². The number of halogens is 1. The number of benzene rings is 2. The van der Waals surface area contributed by atoms with E-state index in [9.17, 15) is 10.1 Å². The molecule has 0 saturated carbocycles. The Bertz CT molecular complexity index is 873. The molecular formula is C25H30ClNO3. The second-order valence-electron chi connectivity index (χ2n) is 7.34. The Balaban J connectivity index is 2.00. The summed E-state index contributed by atoms with van der Waals surface area (Å²) < 4.78 is 11.2. The van der Waals surface area contributed by atoms with Crippen LogP contribution in [-0.2, 0) is 6.42 Å². The van der Waals surface area contributed by atoms with Gasteiger partial charge >= 0.3 is 5.97 Å². The van der Waals surface area contributed by atoms with Crippen molar-refractivity contribution in [1.29, 1.82) is 5.26 Å². The highest BCUT2D eigenvalue weighted by Crippen LogP contribution is 2.28. The topological polar surface area (TPSA) is 59.3 Å². The highest BCUT2D eigenvalue weighted by Gasteiger charge is 2.14. The van der Waals surface area contributed by atoms with Crippen LogP contribution < -0.4 is 9.47 Å². The summed E-state index contributed by atoms with van der Waals surface area (Å²) in [5, 5.41) is 9.82. The summed E-state index contributed by atoms with van der Waals surface area (Å²) in [6.45, 7) is 4.87. The van der Waals surface area contributed by atoms with Crippen molar-refractivity contribution in [3.63, 3.8) is 0 Å². The summed E-state index contributed by atoms with van der Waals surface area (Å²) >= 11 is 6.30. The van der Waals surface area contributed by atoms with Gasteiger partial charge in [0, 0.05) is 0 Å². The summed E-state index contributed by atoms with van der Waals surface area (Å²) in [6, 6.07) is 12.3. The molecule has 30 heavy (non-hydrogen) atoms. The van der Waals surface area contributed by atoms with Gasteiger partial charge in [-0.05, 0) is 55.2 Å². The number of nitrogens with zero attached hydrogens (tertiary/aromatic N) is 1. The molecule has 0 aliphatic heterocycles. The molecule has 0 atom stereocenters. The maximum atomic E-state index is 12.5. The van der Waals surface area contributed by atoms with Crippen molar-refractivity contribution in [3.05, 3.63) is 58.1 Å². The Labute approximate surface area is 184 Å². The smallest absolute Gasteiger partial charge is 0.343 e. The molecule has 0 amide bonds. The second-order valence-corrected chi connectivity index (χ2v) is 7.75. The first-order valence-corrected chi connectivity index (χ1v) is 11.1. The van der Waals surface area contributed by atoms with E-state index in [-0.39, 0.29) is 5.56 Å². The molecule has 0 N–H and O–H groups in total. The quantitative estimate of drug-likeness (QED) is 0.205. The predicted octanol–water partition coefficient (Wildman–Crippen LogP) is 7.12. The van der Waals surface area contributed by atoms with Crippen LogP contribution in [0.15, 0.2) is 36.4 Å². The second kappa shape index (κ2) is 12.9. The highest BCUT2D eigenvalue weighted by atomic mass is 35.5. The number of unbranched alkanes of at least 4 members (excludes halogenated alkanes) is 5. The minimum absolute atomic E-state index is 0.285. The van der Waals surface area contributed by atoms with Crippen molar-refractivity contribution < 1.29 is 14.3 Å². The zero-order chi connectivity index (χ0) is 21.8. The van der Waals surface area contributed by atoms with Crippen molar-refractivity contribution in [1.82, 2.24) is 0 Å². The fourth-order valence-electron chi connectivity index (χ4n) is 3.10. The van der Waals surface area contributed by atoms with Crippen LogP contribution in [0, 0.1) is 11.3 Å². The van der Waals surface area contributed by atoms with Crippen LogP contribution in [0.3, 0.4) is 0 Å². The first kappa shape index (κ1) is 23.8. The number of hydrogen-bond donors (Lipinski definition) is 0. The Morgan fingerprint density at radius 3 is 2.40 bits per heavy atom. The monoisotopic (exact) mass is 427 g/mol. The molecule has 0 saturated heterocycles. The zero-order valence-electron chi connectivity index (χ0n) is 17.9. The summed E-state index contributed by atoms with van der Waals surface area (Å²) in [4.78, 5) is 12.5. The molecular weight excluding hydrogens is 398 g/mol. The summed E-state index contributed by atoms with van der Waals surface area (Å²) in [6.07, 6.45) is 8.76. The van der Waals surface area contributed by atoms with Gasteiger partial charge < -0.3 is 9.47 Å². The lowest BCUT2D eigenvalue weighted by Crippen LogP contribution is -2.10. The van der Waals surface area contributed by atoms with Gasteiger partial charge in [0.15, 0.2) is 0 Å². The molecule has 4 nitrogen and oxygen atoms in total. The van der Waals surface area contributed by atoms with E-state index in [0.717, 1.165) is 44.1 Å². The number of ether oxygens (including phenoxy) is 2. The number of carbonyl (C=O) groups excluding carboxylic acids is 1. The molecule has 160 valence electrons. The van der Waals surface area contributed by atoms with Crippen molar-refractivity contribution in [2.75, 3.05) is 6.61 Å². The van der Waals surface area contributed by atoms with Crippen molar-refractivity contribution >= 4 is 17.6 Å². The Morgan fingerprint density at radius 2 is 1.70 bits per heavy atom. The van der Waals surface area contributed by atoms with Gasteiger partial charge in [-0.2, -0.15) is 5.26 Å². The third-order valence-corrected chi connectivity index (χ3v) is 5.15. The lowest BCUT2D eigenvalue weighted by atomic mass is 10.1. The fourth-order valence-corrected chi connectivity index (χ4v) is 3.34. The largest absolute Gasteiger partial charge is 0.492 e. The molecule has 0 radical (unpaired) electrons. The number of carbonyl (C=O) groups is 1. The highest BCUT2D eigenvalue weighted by molar-refractivity contribution is 6.32. The van der Waals surface area contributed by atoms with E-state index in [1.807, 2.05) is 12.1 Å². The van der Waals surface area contributed by atoms with Gasteiger partial charge in [-0.3, -0.25) is 0 Å². The third kappa shape index (κ3) is 7.39. The first-order valence-electron chi connectivity index (χ1n) is 10.8. The molecule has 5 heteroatoms. The van der Waals surface area contributed by atoms with Crippen LogP contribution in [0.25, 0.3) is 0 Å².